The van der Waals surface area contributed by atoms with Crippen LogP contribution in [-0.4, -0.2) is 31.6 Å². The highest BCUT2D eigenvalue weighted by molar-refractivity contribution is 6.00. The number of anilines is 2. The number of likely N-dealkylation sites (N-methyl/N-ethyl adjacent to an activating group) is 1. The second kappa shape index (κ2) is 7.70. The highest BCUT2D eigenvalue weighted by atomic mass is 16.5. The van der Waals surface area contributed by atoms with Crippen LogP contribution in [-0.2, 0) is 9.59 Å². The van der Waals surface area contributed by atoms with E-state index in [1.165, 1.54) is 10.5 Å². The Kier molecular flexibility index (Phi) is 5.35. The summed E-state index contributed by atoms with van der Waals surface area (Å²) in [5.41, 5.74) is 2.42. The van der Waals surface area contributed by atoms with Gasteiger partial charge in [0.15, 0.2) is 12.7 Å². The second-order valence-electron chi connectivity index (χ2n) is 6.90. The maximum Gasteiger partial charge on any atom is 0.267 e. The lowest BCUT2D eigenvalue weighted by Gasteiger charge is -2.30. The summed E-state index contributed by atoms with van der Waals surface area (Å²) in [5, 5.41) is 2.78. The molecule has 6 heteroatoms. The molecule has 2 aromatic rings. The largest absolute Gasteiger partial charge is 0.484 e. The molecular formula is C21H24N2O4. The average molecular weight is 368 g/mol. The predicted molar refractivity (Wildman–Crippen MR) is 105 cm³/mol. The van der Waals surface area contributed by atoms with Crippen molar-refractivity contribution in [3.8, 4) is 11.5 Å². The van der Waals surface area contributed by atoms with Gasteiger partial charge in [0.2, 0.25) is 0 Å². The van der Waals surface area contributed by atoms with Gasteiger partial charge in [-0.25, -0.2) is 0 Å². The zero-order valence-electron chi connectivity index (χ0n) is 16.0. The van der Waals surface area contributed by atoms with E-state index in [1.54, 1.807) is 32.2 Å². The lowest BCUT2D eigenvalue weighted by Crippen LogP contribution is -2.42. The van der Waals surface area contributed by atoms with Gasteiger partial charge in [0.1, 0.15) is 11.5 Å². The van der Waals surface area contributed by atoms with E-state index in [9.17, 15) is 9.59 Å². The molecular weight excluding hydrogens is 344 g/mol. The summed E-state index contributed by atoms with van der Waals surface area (Å²) in [6.07, 6.45) is -0.515. The predicted octanol–water partition coefficient (Wildman–Crippen LogP) is 3.57. The highest BCUT2D eigenvalue weighted by Gasteiger charge is 2.29. The molecule has 0 saturated carbocycles. The Bertz CT molecular complexity index is 846. The van der Waals surface area contributed by atoms with Crippen LogP contribution < -0.4 is 19.7 Å². The molecule has 0 fully saturated rings. The minimum Gasteiger partial charge on any atom is -0.484 e. The first-order valence-corrected chi connectivity index (χ1v) is 8.96. The molecule has 0 aliphatic carbocycles. The van der Waals surface area contributed by atoms with Gasteiger partial charge in [0.25, 0.3) is 11.8 Å². The van der Waals surface area contributed by atoms with Crippen LogP contribution in [0.15, 0.2) is 42.5 Å². The number of amides is 2. The van der Waals surface area contributed by atoms with Crippen molar-refractivity contribution in [3.63, 3.8) is 0 Å². The molecule has 0 spiro atoms. The maximum absolute atomic E-state index is 12.2. The van der Waals surface area contributed by atoms with E-state index in [1.807, 2.05) is 24.3 Å². The number of nitrogens with one attached hydrogen (secondary N) is 1. The third-order valence-electron chi connectivity index (χ3n) is 4.50. The number of carbonyl (C=O) groups excluding carboxylic acids is 2. The van der Waals surface area contributed by atoms with Gasteiger partial charge in [-0.3, -0.25) is 9.59 Å². The standard InChI is InChI=1S/C21H24N2O4/c1-13(2)15-5-8-17(9-6-15)26-12-20(24)22-16-7-10-19-18(11-16)23(4)21(25)14(3)27-19/h5-11,13-14H,12H2,1-4H3,(H,22,24). The molecule has 2 aromatic carbocycles. The SMILES string of the molecule is CC1Oc2ccc(NC(=O)COc3ccc(C(C)C)cc3)cc2N(C)C1=O. The van der Waals surface area contributed by atoms with Gasteiger partial charge in [0.05, 0.1) is 5.69 Å². The Morgan fingerprint density at radius 2 is 1.93 bits per heavy atom. The molecule has 1 atom stereocenters. The third-order valence-corrected chi connectivity index (χ3v) is 4.50. The average Bonchev–Trinajstić information content (AvgIpc) is 2.65. The smallest absolute Gasteiger partial charge is 0.267 e. The lowest BCUT2D eigenvalue weighted by molar-refractivity contribution is -0.125. The topological polar surface area (TPSA) is 67.9 Å². The fourth-order valence-corrected chi connectivity index (χ4v) is 2.88. The first kappa shape index (κ1) is 18.8. The van der Waals surface area contributed by atoms with Gasteiger partial charge >= 0.3 is 0 Å². The van der Waals surface area contributed by atoms with Crippen molar-refractivity contribution in [2.45, 2.75) is 32.8 Å². The summed E-state index contributed by atoms with van der Waals surface area (Å²) in [4.78, 5) is 25.8. The van der Waals surface area contributed by atoms with E-state index in [2.05, 4.69) is 19.2 Å². The van der Waals surface area contributed by atoms with Crippen LogP contribution in [0.25, 0.3) is 0 Å². The number of benzene rings is 2. The van der Waals surface area contributed by atoms with Gasteiger partial charge in [-0.05, 0) is 48.7 Å². The molecule has 1 unspecified atom stereocenters. The Balaban J connectivity index is 1.60. The quantitative estimate of drug-likeness (QED) is 0.876. The van der Waals surface area contributed by atoms with Crippen molar-refractivity contribution in [2.75, 3.05) is 23.9 Å². The summed E-state index contributed by atoms with van der Waals surface area (Å²) in [6, 6.07) is 12.9. The van der Waals surface area contributed by atoms with Crippen LogP contribution in [0.2, 0.25) is 0 Å². The fourth-order valence-electron chi connectivity index (χ4n) is 2.88. The minimum atomic E-state index is -0.515. The van der Waals surface area contributed by atoms with Crippen LogP contribution in [0.4, 0.5) is 11.4 Å². The number of fused-ring (bicyclic) bond motifs is 1. The molecule has 1 aliphatic heterocycles. The molecule has 6 nitrogen and oxygen atoms in total. The molecule has 0 radical (unpaired) electrons. The number of ether oxygens (including phenoxy) is 2. The van der Waals surface area contributed by atoms with Gasteiger partial charge in [-0.2, -0.15) is 0 Å². The van der Waals surface area contributed by atoms with E-state index in [0.29, 0.717) is 28.8 Å². The van der Waals surface area contributed by atoms with Gasteiger partial charge in [-0.15, -0.1) is 0 Å². The fraction of sp³-hybridized carbons (Fsp3) is 0.333. The summed E-state index contributed by atoms with van der Waals surface area (Å²) in [7, 11) is 1.69. The van der Waals surface area contributed by atoms with Crippen LogP contribution in [0.1, 0.15) is 32.3 Å². The van der Waals surface area contributed by atoms with E-state index < -0.39 is 6.10 Å². The summed E-state index contributed by atoms with van der Waals surface area (Å²) >= 11 is 0. The molecule has 2 amide bonds. The maximum atomic E-state index is 12.2. The molecule has 0 aromatic heterocycles. The lowest BCUT2D eigenvalue weighted by atomic mass is 10.0. The molecule has 1 heterocycles. The van der Waals surface area contributed by atoms with Crippen LogP contribution in [0.5, 0.6) is 11.5 Å². The molecule has 142 valence electrons. The molecule has 1 aliphatic rings. The van der Waals surface area contributed by atoms with E-state index >= 15 is 0 Å². The van der Waals surface area contributed by atoms with Gasteiger partial charge < -0.3 is 19.7 Å². The van der Waals surface area contributed by atoms with Crippen molar-refractivity contribution in [1.82, 2.24) is 0 Å². The van der Waals surface area contributed by atoms with E-state index in [0.717, 1.165) is 0 Å². The zero-order valence-corrected chi connectivity index (χ0v) is 16.0. The van der Waals surface area contributed by atoms with Crippen molar-refractivity contribution >= 4 is 23.2 Å². The number of hydrogen-bond acceptors (Lipinski definition) is 4. The molecule has 0 bridgehead atoms. The van der Waals surface area contributed by atoms with Crippen LogP contribution in [0.3, 0.4) is 0 Å². The zero-order chi connectivity index (χ0) is 19.6. The molecule has 0 saturated heterocycles. The first-order valence-electron chi connectivity index (χ1n) is 8.96. The van der Waals surface area contributed by atoms with Crippen LogP contribution >= 0.6 is 0 Å². The summed E-state index contributed by atoms with van der Waals surface area (Å²) in [6.45, 7) is 5.86. The highest BCUT2D eigenvalue weighted by Crippen LogP contribution is 2.35. The minimum absolute atomic E-state index is 0.0968. The van der Waals surface area contributed by atoms with E-state index in [-0.39, 0.29) is 18.4 Å². The first-order chi connectivity index (χ1) is 12.8. The van der Waals surface area contributed by atoms with Crippen molar-refractivity contribution in [1.29, 1.82) is 0 Å². The monoisotopic (exact) mass is 368 g/mol. The number of rotatable bonds is 5. The van der Waals surface area contributed by atoms with Crippen molar-refractivity contribution < 1.29 is 19.1 Å². The molecule has 3 rings (SSSR count). The molecule has 1 N–H and O–H groups in total. The van der Waals surface area contributed by atoms with E-state index in [4.69, 9.17) is 9.47 Å². The summed E-state index contributed by atoms with van der Waals surface area (Å²) < 4.78 is 11.1. The third kappa shape index (κ3) is 4.22. The number of hydrogen-bond donors (Lipinski definition) is 1. The Morgan fingerprint density at radius 1 is 1.22 bits per heavy atom. The number of carbonyl (C=O) groups is 2. The molecule has 27 heavy (non-hydrogen) atoms. The van der Waals surface area contributed by atoms with Crippen molar-refractivity contribution in [2.24, 2.45) is 0 Å². The number of nitrogens with zero attached hydrogens (tertiary/aromatic N) is 1. The van der Waals surface area contributed by atoms with Crippen LogP contribution in [0, 0.1) is 0 Å². The Morgan fingerprint density at radius 3 is 2.59 bits per heavy atom. The second-order valence-corrected chi connectivity index (χ2v) is 6.90. The van der Waals surface area contributed by atoms with Gasteiger partial charge in [0, 0.05) is 12.7 Å². The normalized spacial score (nSPS) is 16.0. The Labute approximate surface area is 159 Å². The summed E-state index contributed by atoms with van der Waals surface area (Å²) in [5.74, 6) is 1.31. The van der Waals surface area contributed by atoms with Crippen molar-refractivity contribution in [3.05, 3.63) is 48.0 Å². The van der Waals surface area contributed by atoms with Gasteiger partial charge in [-0.1, -0.05) is 26.0 Å². The Hall–Kier alpha value is -3.02.